The molecular formula is C13H12F3N3O4. The van der Waals surface area contributed by atoms with Crippen LogP contribution in [0, 0.1) is 12.7 Å². The molecule has 0 radical (unpaired) electrons. The van der Waals surface area contributed by atoms with Crippen LogP contribution in [0.1, 0.15) is 11.7 Å². The molecule has 0 aliphatic carbocycles. The van der Waals surface area contributed by atoms with Gasteiger partial charge in [-0.1, -0.05) is 5.16 Å². The van der Waals surface area contributed by atoms with Crippen LogP contribution in [0.25, 0.3) is 0 Å². The van der Waals surface area contributed by atoms with Crippen LogP contribution in [-0.2, 0) is 16.1 Å². The van der Waals surface area contributed by atoms with Gasteiger partial charge in [-0.05, 0) is 19.1 Å². The third kappa shape index (κ3) is 5.25. The lowest BCUT2D eigenvalue weighted by molar-refractivity contribution is -0.121. The Hall–Kier alpha value is -2.62. The van der Waals surface area contributed by atoms with Gasteiger partial charge >= 0.3 is 6.61 Å². The van der Waals surface area contributed by atoms with Crippen molar-refractivity contribution >= 4 is 11.6 Å². The van der Waals surface area contributed by atoms with Crippen LogP contribution in [0.3, 0.4) is 0 Å². The predicted octanol–water partition coefficient (Wildman–Crippen LogP) is 2.27. The molecule has 1 N–H and O–H groups in total. The van der Waals surface area contributed by atoms with Gasteiger partial charge in [-0.15, -0.1) is 0 Å². The summed E-state index contributed by atoms with van der Waals surface area (Å²) in [5, 5.41) is 5.77. The van der Waals surface area contributed by atoms with Crippen LogP contribution in [0.2, 0.25) is 0 Å². The number of amides is 1. The van der Waals surface area contributed by atoms with Crippen LogP contribution in [-0.4, -0.2) is 29.3 Å². The zero-order valence-corrected chi connectivity index (χ0v) is 11.9. The highest BCUT2D eigenvalue weighted by atomic mass is 19.3. The van der Waals surface area contributed by atoms with Gasteiger partial charge in [-0.2, -0.15) is 13.8 Å². The molecule has 7 nitrogen and oxygen atoms in total. The van der Waals surface area contributed by atoms with Crippen molar-refractivity contribution < 1.29 is 32.0 Å². The maximum atomic E-state index is 13.6. The first-order chi connectivity index (χ1) is 10.9. The van der Waals surface area contributed by atoms with Crippen molar-refractivity contribution in [1.29, 1.82) is 0 Å². The number of aryl methyl sites for hydroxylation is 1. The average Bonchev–Trinajstić information content (AvgIpc) is 2.87. The molecular weight excluding hydrogens is 319 g/mol. The third-order valence-electron chi connectivity index (χ3n) is 2.47. The van der Waals surface area contributed by atoms with Crippen molar-refractivity contribution in [3.05, 3.63) is 35.7 Å². The number of alkyl halides is 2. The molecule has 0 atom stereocenters. The van der Waals surface area contributed by atoms with E-state index in [1.165, 1.54) is 0 Å². The van der Waals surface area contributed by atoms with E-state index in [0.717, 1.165) is 18.2 Å². The molecule has 2 rings (SSSR count). The first-order valence-corrected chi connectivity index (χ1v) is 6.35. The third-order valence-corrected chi connectivity index (χ3v) is 2.47. The maximum Gasteiger partial charge on any atom is 0.387 e. The number of anilines is 1. The molecule has 0 saturated carbocycles. The number of carbonyl (C=O) groups is 1. The van der Waals surface area contributed by atoms with Gasteiger partial charge in [-0.3, -0.25) is 4.79 Å². The standard InChI is InChI=1S/C13H12F3N3O4/c1-7-17-12(23-19-7)6-21-5-11(20)18-10-3-2-8(4-9(10)14)22-13(15)16/h2-4,13H,5-6H2,1H3,(H,18,20). The Morgan fingerprint density at radius 1 is 1.43 bits per heavy atom. The van der Waals surface area contributed by atoms with E-state index in [4.69, 9.17) is 9.26 Å². The molecule has 0 unspecified atom stereocenters. The van der Waals surface area contributed by atoms with Crippen molar-refractivity contribution in [1.82, 2.24) is 10.1 Å². The Kier molecular flexibility index (Phi) is 5.52. The van der Waals surface area contributed by atoms with Crippen LogP contribution < -0.4 is 10.1 Å². The number of carbonyl (C=O) groups excluding carboxylic acids is 1. The molecule has 10 heteroatoms. The molecule has 1 amide bonds. The Morgan fingerprint density at radius 2 is 2.22 bits per heavy atom. The number of hydrogen-bond donors (Lipinski definition) is 1. The minimum Gasteiger partial charge on any atom is -0.435 e. The van der Waals surface area contributed by atoms with Crippen molar-refractivity contribution in [3.63, 3.8) is 0 Å². The van der Waals surface area contributed by atoms with E-state index < -0.39 is 18.3 Å². The molecule has 0 fully saturated rings. The van der Waals surface area contributed by atoms with E-state index in [2.05, 4.69) is 20.2 Å². The van der Waals surface area contributed by atoms with E-state index in [1.54, 1.807) is 6.92 Å². The van der Waals surface area contributed by atoms with Gasteiger partial charge in [0.15, 0.2) is 5.82 Å². The Bertz CT molecular complexity index is 678. The van der Waals surface area contributed by atoms with Gasteiger partial charge in [0.05, 0.1) is 5.69 Å². The SMILES string of the molecule is Cc1noc(COCC(=O)Nc2ccc(OC(F)F)cc2F)n1. The Balaban J connectivity index is 1.82. The molecule has 0 saturated heterocycles. The second-order valence-electron chi connectivity index (χ2n) is 4.30. The van der Waals surface area contributed by atoms with Gasteiger partial charge < -0.3 is 19.3 Å². The first kappa shape index (κ1) is 16.7. The topological polar surface area (TPSA) is 86.5 Å². The normalized spacial score (nSPS) is 10.8. The average molecular weight is 331 g/mol. The molecule has 1 aromatic heterocycles. The van der Waals surface area contributed by atoms with Gasteiger partial charge in [0, 0.05) is 6.07 Å². The molecule has 23 heavy (non-hydrogen) atoms. The summed E-state index contributed by atoms with van der Waals surface area (Å²) < 4.78 is 51.5. The van der Waals surface area contributed by atoms with E-state index >= 15 is 0 Å². The molecule has 124 valence electrons. The minimum absolute atomic E-state index is 0.0715. The molecule has 1 aromatic carbocycles. The van der Waals surface area contributed by atoms with E-state index in [9.17, 15) is 18.0 Å². The van der Waals surface area contributed by atoms with E-state index in [0.29, 0.717) is 5.82 Å². The van der Waals surface area contributed by atoms with Gasteiger partial charge in [0.2, 0.25) is 5.91 Å². The number of ether oxygens (including phenoxy) is 2. The largest absolute Gasteiger partial charge is 0.435 e. The van der Waals surface area contributed by atoms with Crippen LogP contribution in [0.4, 0.5) is 18.9 Å². The monoisotopic (exact) mass is 331 g/mol. The summed E-state index contributed by atoms with van der Waals surface area (Å²) in [4.78, 5) is 15.5. The number of nitrogens with one attached hydrogen (secondary N) is 1. The van der Waals surface area contributed by atoms with Crippen LogP contribution >= 0.6 is 0 Å². The smallest absolute Gasteiger partial charge is 0.387 e. The quantitative estimate of drug-likeness (QED) is 0.837. The zero-order valence-electron chi connectivity index (χ0n) is 11.9. The molecule has 0 aliphatic heterocycles. The minimum atomic E-state index is -3.06. The number of rotatable bonds is 7. The summed E-state index contributed by atoms with van der Waals surface area (Å²) in [7, 11) is 0. The fourth-order valence-corrected chi connectivity index (χ4v) is 1.59. The number of nitrogens with zero attached hydrogens (tertiary/aromatic N) is 2. The highest BCUT2D eigenvalue weighted by Crippen LogP contribution is 2.22. The van der Waals surface area contributed by atoms with Gasteiger partial charge in [0.25, 0.3) is 5.89 Å². The first-order valence-electron chi connectivity index (χ1n) is 6.35. The molecule has 2 aromatic rings. The van der Waals surface area contributed by atoms with Crippen LogP contribution in [0.5, 0.6) is 5.75 Å². The van der Waals surface area contributed by atoms with Gasteiger partial charge in [-0.25, -0.2) is 4.39 Å². The van der Waals surface area contributed by atoms with Crippen molar-refractivity contribution in [2.45, 2.75) is 20.1 Å². The number of aromatic nitrogens is 2. The molecule has 1 heterocycles. The number of benzene rings is 1. The molecule has 0 bridgehead atoms. The summed E-state index contributed by atoms with van der Waals surface area (Å²) >= 11 is 0. The highest BCUT2D eigenvalue weighted by molar-refractivity contribution is 5.91. The number of halogens is 3. The van der Waals surface area contributed by atoms with Crippen molar-refractivity contribution in [2.75, 3.05) is 11.9 Å². The Morgan fingerprint density at radius 3 is 2.83 bits per heavy atom. The van der Waals surface area contributed by atoms with E-state index in [-0.39, 0.29) is 30.5 Å². The fourth-order valence-electron chi connectivity index (χ4n) is 1.59. The van der Waals surface area contributed by atoms with Crippen molar-refractivity contribution in [2.24, 2.45) is 0 Å². The summed E-state index contributed by atoms with van der Waals surface area (Å²) in [5.74, 6) is -1.26. The molecule has 0 aliphatic rings. The fraction of sp³-hybridized carbons (Fsp3) is 0.308. The lowest BCUT2D eigenvalue weighted by Crippen LogP contribution is -2.19. The lowest BCUT2D eigenvalue weighted by Gasteiger charge is -2.09. The predicted molar refractivity (Wildman–Crippen MR) is 70.4 cm³/mol. The highest BCUT2D eigenvalue weighted by Gasteiger charge is 2.11. The number of hydrogen-bond acceptors (Lipinski definition) is 6. The van der Waals surface area contributed by atoms with Gasteiger partial charge in [0.1, 0.15) is 24.8 Å². The second kappa shape index (κ2) is 7.58. The van der Waals surface area contributed by atoms with E-state index in [1.807, 2.05) is 0 Å². The van der Waals surface area contributed by atoms with Crippen molar-refractivity contribution in [3.8, 4) is 5.75 Å². The summed E-state index contributed by atoms with van der Waals surface area (Å²) in [6.07, 6.45) is 0. The Labute approximate surface area is 128 Å². The second-order valence-corrected chi connectivity index (χ2v) is 4.30. The summed E-state index contributed by atoms with van der Waals surface area (Å²) in [6, 6.07) is 2.95. The lowest BCUT2D eigenvalue weighted by atomic mass is 10.3. The maximum absolute atomic E-state index is 13.6. The van der Waals surface area contributed by atoms with Crippen LogP contribution in [0.15, 0.2) is 22.7 Å². The zero-order chi connectivity index (χ0) is 16.8. The molecule has 0 spiro atoms. The summed E-state index contributed by atoms with van der Waals surface area (Å²) in [5.41, 5.74) is -0.186. The summed E-state index contributed by atoms with van der Waals surface area (Å²) in [6.45, 7) is -1.88.